The Bertz CT molecular complexity index is 855. The van der Waals surface area contributed by atoms with E-state index in [0.29, 0.717) is 19.6 Å². The summed E-state index contributed by atoms with van der Waals surface area (Å²) in [7, 11) is 1.49. The first-order valence-corrected chi connectivity index (χ1v) is 10.1. The number of pyridine rings is 1. The van der Waals surface area contributed by atoms with Gasteiger partial charge in [-0.3, -0.25) is 14.6 Å². The highest BCUT2D eigenvalue weighted by atomic mass is 16.5. The first-order valence-electron chi connectivity index (χ1n) is 10.1. The van der Waals surface area contributed by atoms with Gasteiger partial charge in [-0.15, -0.1) is 0 Å². The summed E-state index contributed by atoms with van der Waals surface area (Å²) in [6.07, 6.45) is 3.93. The molecule has 2 heterocycles. The highest BCUT2D eigenvalue weighted by Gasteiger charge is 2.45. The van der Waals surface area contributed by atoms with Gasteiger partial charge in [0.15, 0.2) is 5.60 Å². The molecular formula is C23H29N3O4. The lowest BCUT2D eigenvalue weighted by molar-refractivity contribution is -0.167. The topological polar surface area (TPSA) is 80.8 Å². The van der Waals surface area contributed by atoms with Crippen LogP contribution in [0.25, 0.3) is 11.1 Å². The van der Waals surface area contributed by atoms with E-state index in [1.54, 1.807) is 11.1 Å². The molecule has 7 nitrogen and oxygen atoms in total. The van der Waals surface area contributed by atoms with E-state index in [-0.39, 0.29) is 31.0 Å². The lowest BCUT2D eigenvalue weighted by Gasteiger charge is -2.42. The predicted molar refractivity (Wildman–Crippen MR) is 114 cm³/mol. The van der Waals surface area contributed by atoms with Gasteiger partial charge in [0, 0.05) is 38.5 Å². The maximum absolute atomic E-state index is 13.1. The quantitative estimate of drug-likeness (QED) is 0.754. The predicted octanol–water partition coefficient (Wildman–Crippen LogP) is 2.06. The van der Waals surface area contributed by atoms with Gasteiger partial charge >= 0.3 is 0 Å². The molecule has 1 aliphatic rings. The zero-order chi connectivity index (χ0) is 21.6. The minimum absolute atomic E-state index is 0.0122. The van der Waals surface area contributed by atoms with Crippen LogP contribution in [0.4, 0.5) is 0 Å². The Balaban J connectivity index is 1.84. The normalized spacial score (nSPS) is 19.0. The number of rotatable bonds is 7. The van der Waals surface area contributed by atoms with Crippen molar-refractivity contribution in [3.63, 3.8) is 0 Å². The van der Waals surface area contributed by atoms with E-state index < -0.39 is 5.60 Å². The van der Waals surface area contributed by atoms with Crippen molar-refractivity contribution in [2.45, 2.75) is 31.9 Å². The molecule has 1 N–H and O–H groups in total. The van der Waals surface area contributed by atoms with Crippen LogP contribution in [-0.2, 0) is 25.5 Å². The first kappa shape index (κ1) is 21.9. The molecule has 30 heavy (non-hydrogen) atoms. The number of methoxy groups -OCH3 is 1. The Morgan fingerprint density at radius 2 is 2.00 bits per heavy atom. The van der Waals surface area contributed by atoms with Crippen molar-refractivity contribution in [1.82, 2.24) is 15.2 Å². The molecule has 1 aliphatic heterocycles. The summed E-state index contributed by atoms with van der Waals surface area (Å²) in [5, 5.41) is 2.96. The number of aromatic nitrogens is 1. The van der Waals surface area contributed by atoms with E-state index in [0.717, 1.165) is 16.7 Å². The molecule has 1 unspecified atom stereocenters. The number of ether oxygens (including phenoxy) is 2. The van der Waals surface area contributed by atoms with Crippen LogP contribution in [0.3, 0.4) is 0 Å². The summed E-state index contributed by atoms with van der Waals surface area (Å²) in [4.78, 5) is 31.3. The molecule has 0 aliphatic carbocycles. The summed E-state index contributed by atoms with van der Waals surface area (Å²) >= 11 is 0. The average molecular weight is 412 g/mol. The van der Waals surface area contributed by atoms with E-state index >= 15 is 0 Å². The molecule has 2 amide bonds. The van der Waals surface area contributed by atoms with E-state index in [9.17, 15) is 9.59 Å². The first-order chi connectivity index (χ1) is 14.4. The van der Waals surface area contributed by atoms with Crippen molar-refractivity contribution in [3.05, 3.63) is 54.4 Å². The van der Waals surface area contributed by atoms with E-state index in [1.807, 2.05) is 56.4 Å². The lowest BCUT2D eigenvalue weighted by Crippen LogP contribution is -2.63. The van der Waals surface area contributed by atoms with Gasteiger partial charge in [0.2, 0.25) is 5.91 Å². The second kappa shape index (κ2) is 9.82. The van der Waals surface area contributed by atoms with Crippen molar-refractivity contribution in [2.24, 2.45) is 0 Å². The van der Waals surface area contributed by atoms with Crippen LogP contribution >= 0.6 is 0 Å². The number of nitrogens with zero attached hydrogens (tertiary/aromatic N) is 2. The van der Waals surface area contributed by atoms with Crippen molar-refractivity contribution in [1.29, 1.82) is 0 Å². The lowest BCUT2D eigenvalue weighted by atomic mass is 9.90. The second-order valence-corrected chi connectivity index (χ2v) is 7.83. The van der Waals surface area contributed by atoms with Crippen molar-refractivity contribution >= 4 is 11.8 Å². The average Bonchev–Trinajstić information content (AvgIpc) is 2.75. The van der Waals surface area contributed by atoms with Crippen molar-refractivity contribution < 1.29 is 19.1 Å². The molecule has 3 rings (SSSR count). The monoisotopic (exact) mass is 411 g/mol. The number of carbonyl (C=O) groups excluding carboxylic acids is 2. The fourth-order valence-corrected chi connectivity index (χ4v) is 3.61. The van der Waals surface area contributed by atoms with Gasteiger partial charge in [-0.05, 0) is 36.6 Å². The summed E-state index contributed by atoms with van der Waals surface area (Å²) in [5.41, 5.74) is 1.90. The minimum Gasteiger partial charge on any atom is -0.375 e. The zero-order valence-corrected chi connectivity index (χ0v) is 17.8. The van der Waals surface area contributed by atoms with Crippen LogP contribution in [0.5, 0.6) is 0 Å². The SMILES string of the molecule is COCC(=O)N1CCOC(Cc2ccc(-c3cccnc3)cc2)(C(=O)NC(C)C)C1. The van der Waals surface area contributed by atoms with E-state index in [4.69, 9.17) is 9.47 Å². The number of carbonyl (C=O) groups is 2. The Hall–Kier alpha value is -2.77. The zero-order valence-electron chi connectivity index (χ0n) is 17.8. The number of hydrogen-bond donors (Lipinski definition) is 1. The second-order valence-electron chi connectivity index (χ2n) is 7.83. The molecule has 1 atom stereocenters. The van der Waals surface area contributed by atoms with E-state index in [2.05, 4.69) is 10.3 Å². The molecule has 1 saturated heterocycles. The van der Waals surface area contributed by atoms with Gasteiger partial charge in [-0.1, -0.05) is 30.3 Å². The van der Waals surface area contributed by atoms with Crippen LogP contribution in [0.2, 0.25) is 0 Å². The molecule has 160 valence electrons. The molecular weight excluding hydrogens is 382 g/mol. The van der Waals surface area contributed by atoms with Gasteiger partial charge in [0.05, 0.1) is 13.2 Å². The van der Waals surface area contributed by atoms with Crippen LogP contribution in [0, 0.1) is 0 Å². The minimum atomic E-state index is -1.14. The third kappa shape index (κ3) is 5.23. The fraction of sp³-hybridized carbons (Fsp3) is 0.435. The van der Waals surface area contributed by atoms with Gasteiger partial charge in [-0.2, -0.15) is 0 Å². The molecule has 0 radical (unpaired) electrons. The molecule has 0 bridgehead atoms. The number of hydrogen-bond acceptors (Lipinski definition) is 5. The van der Waals surface area contributed by atoms with Crippen molar-refractivity contribution in [3.8, 4) is 11.1 Å². The number of benzene rings is 1. The summed E-state index contributed by atoms with van der Waals surface area (Å²) < 4.78 is 11.0. The van der Waals surface area contributed by atoms with Crippen molar-refractivity contribution in [2.75, 3.05) is 33.4 Å². The summed E-state index contributed by atoms with van der Waals surface area (Å²) in [6.45, 7) is 4.74. The van der Waals surface area contributed by atoms with Crippen LogP contribution in [-0.4, -0.2) is 66.8 Å². The molecule has 0 saturated carbocycles. The highest BCUT2D eigenvalue weighted by Crippen LogP contribution is 2.26. The largest absolute Gasteiger partial charge is 0.375 e. The fourth-order valence-electron chi connectivity index (χ4n) is 3.61. The Kier molecular flexibility index (Phi) is 7.18. The standard InChI is InChI=1S/C23H29N3O4/c1-17(2)25-22(28)23(16-26(11-12-30-23)21(27)15-29-3)13-18-6-8-19(9-7-18)20-5-4-10-24-14-20/h4-10,14,17H,11-13,15-16H2,1-3H3,(H,25,28). The van der Waals surface area contributed by atoms with Gasteiger partial charge in [-0.25, -0.2) is 0 Å². The number of morpholine rings is 1. The summed E-state index contributed by atoms with van der Waals surface area (Å²) in [5.74, 6) is -0.349. The van der Waals surface area contributed by atoms with Gasteiger partial charge in [0.25, 0.3) is 5.91 Å². The third-order valence-electron chi connectivity index (χ3n) is 5.08. The molecule has 1 fully saturated rings. The van der Waals surface area contributed by atoms with Crippen LogP contribution in [0.1, 0.15) is 19.4 Å². The van der Waals surface area contributed by atoms with Gasteiger partial charge < -0.3 is 19.7 Å². The maximum atomic E-state index is 13.1. The molecule has 1 aromatic heterocycles. The molecule has 7 heteroatoms. The summed E-state index contributed by atoms with van der Waals surface area (Å²) in [6, 6.07) is 11.9. The number of nitrogens with one attached hydrogen (secondary N) is 1. The molecule has 2 aromatic rings. The maximum Gasteiger partial charge on any atom is 0.254 e. The van der Waals surface area contributed by atoms with Crippen LogP contribution < -0.4 is 5.32 Å². The highest BCUT2D eigenvalue weighted by molar-refractivity contribution is 5.87. The van der Waals surface area contributed by atoms with E-state index in [1.165, 1.54) is 7.11 Å². The third-order valence-corrected chi connectivity index (χ3v) is 5.08. The number of amides is 2. The Labute approximate surface area is 177 Å². The van der Waals surface area contributed by atoms with Gasteiger partial charge in [0.1, 0.15) is 6.61 Å². The van der Waals surface area contributed by atoms with Crippen LogP contribution in [0.15, 0.2) is 48.8 Å². The Morgan fingerprint density at radius 1 is 1.23 bits per heavy atom. The molecule has 1 aromatic carbocycles. The molecule has 0 spiro atoms. The Morgan fingerprint density at radius 3 is 2.63 bits per heavy atom. The smallest absolute Gasteiger partial charge is 0.254 e.